The lowest BCUT2D eigenvalue weighted by Gasteiger charge is -2.02. The van der Waals surface area contributed by atoms with Crippen molar-refractivity contribution < 1.29 is 4.55 Å². The van der Waals surface area contributed by atoms with Crippen LogP contribution in [0.1, 0.15) is 39.3 Å². The predicted molar refractivity (Wildman–Crippen MR) is 58.2 cm³/mol. The number of nitrogens with zero attached hydrogens (tertiary/aromatic N) is 1. The second-order valence-electron chi connectivity index (χ2n) is 2.66. The maximum absolute atomic E-state index is 8.64. The van der Waals surface area contributed by atoms with Crippen LogP contribution in [0.15, 0.2) is 23.2 Å². The van der Waals surface area contributed by atoms with Gasteiger partial charge in [-0.1, -0.05) is 27.7 Å². The van der Waals surface area contributed by atoms with Gasteiger partial charge in [-0.2, -0.15) is 0 Å². The summed E-state index contributed by atoms with van der Waals surface area (Å²) in [6.45, 7) is 8.18. The van der Waals surface area contributed by atoms with Crippen molar-refractivity contribution in [1.29, 1.82) is 0 Å². The van der Waals surface area contributed by atoms with E-state index in [2.05, 4.69) is 18.8 Å². The molecule has 2 nitrogen and oxygen atoms in total. The maximum atomic E-state index is 8.64. The average molecular weight is 199 g/mol. The summed E-state index contributed by atoms with van der Waals surface area (Å²) < 4.78 is 8.64. The SMILES string of the molecule is CC.CC(C)c1ccc(SO)cn1. The van der Waals surface area contributed by atoms with Crippen LogP contribution in [-0.4, -0.2) is 9.54 Å². The van der Waals surface area contributed by atoms with Crippen LogP contribution in [0.3, 0.4) is 0 Å². The summed E-state index contributed by atoms with van der Waals surface area (Å²) in [7, 11) is 0. The van der Waals surface area contributed by atoms with Crippen LogP contribution in [-0.2, 0) is 0 Å². The Balaban J connectivity index is 0.000000671. The van der Waals surface area contributed by atoms with Crippen molar-refractivity contribution >= 4 is 12.0 Å². The molecule has 0 aliphatic heterocycles. The third kappa shape index (κ3) is 4.29. The van der Waals surface area contributed by atoms with Gasteiger partial charge < -0.3 is 4.55 Å². The number of aromatic nitrogens is 1. The molecule has 1 aromatic rings. The molecule has 0 radical (unpaired) electrons. The zero-order valence-corrected chi connectivity index (χ0v) is 9.43. The third-order valence-electron chi connectivity index (χ3n) is 1.46. The molecule has 0 spiro atoms. The molecule has 1 rings (SSSR count). The zero-order chi connectivity index (χ0) is 10.3. The van der Waals surface area contributed by atoms with Gasteiger partial charge in [0.1, 0.15) is 0 Å². The molecular weight excluding hydrogens is 182 g/mol. The molecule has 0 aromatic carbocycles. The van der Waals surface area contributed by atoms with Gasteiger partial charge in [0.25, 0.3) is 0 Å². The molecule has 3 heteroatoms. The van der Waals surface area contributed by atoms with Crippen LogP contribution in [0.2, 0.25) is 0 Å². The number of rotatable bonds is 2. The quantitative estimate of drug-likeness (QED) is 0.735. The fraction of sp³-hybridized carbons (Fsp3) is 0.500. The number of hydrogen-bond donors (Lipinski definition) is 1. The smallest absolute Gasteiger partial charge is 0.0534 e. The molecule has 0 saturated heterocycles. The molecule has 0 saturated carbocycles. The van der Waals surface area contributed by atoms with Gasteiger partial charge in [0.15, 0.2) is 0 Å². The van der Waals surface area contributed by atoms with Gasteiger partial charge in [-0.05, 0) is 18.1 Å². The van der Waals surface area contributed by atoms with Crippen LogP contribution in [0.5, 0.6) is 0 Å². The Labute approximate surface area is 84.6 Å². The van der Waals surface area contributed by atoms with E-state index < -0.39 is 0 Å². The average Bonchev–Trinajstić information content (AvgIpc) is 2.21. The van der Waals surface area contributed by atoms with Crippen LogP contribution >= 0.6 is 12.0 Å². The minimum atomic E-state index is 0.452. The molecule has 0 bridgehead atoms. The molecule has 1 heterocycles. The van der Waals surface area contributed by atoms with Gasteiger partial charge in [0.2, 0.25) is 0 Å². The molecule has 1 N–H and O–H groups in total. The van der Waals surface area contributed by atoms with Crippen molar-refractivity contribution in [2.75, 3.05) is 0 Å². The minimum absolute atomic E-state index is 0.452. The van der Waals surface area contributed by atoms with Crippen molar-refractivity contribution in [2.24, 2.45) is 0 Å². The lowest BCUT2D eigenvalue weighted by atomic mass is 10.1. The highest BCUT2D eigenvalue weighted by Gasteiger charge is 1.99. The largest absolute Gasteiger partial charge is 0.325 e. The maximum Gasteiger partial charge on any atom is 0.0534 e. The summed E-state index contributed by atoms with van der Waals surface area (Å²) in [5.74, 6) is 0.452. The Morgan fingerprint density at radius 1 is 1.31 bits per heavy atom. The summed E-state index contributed by atoms with van der Waals surface area (Å²) in [5, 5.41) is 0. The van der Waals surface area contributed by atoms with Gasteiger partial charge >= 0.3 is 0 Å². The first-order valence-corrected chi connectivity index (χ1v) is 5.28. The van der Waals surface area contributed by atoms with Crippen LogP contribution < -0.4 is 0 Å². The predicted octanol–water partition coefficient (Wildman–Crippen LogP) is 3.80. The van der Waals surface area contributed by atoms with Gasteiger partial charge in [-0.15, -0.1) is 0 Å². The van der Waals surface area contributed by atoms with E-state index in [1.165, 1.54) is 0 Å². The van der Waals surface area contributed by atoms with E-state index in [1.54, 1.807) is 6.20 Å². The van der Waals surface area contributed by atoms with E-state index in [0.717, 1.165) is 22.6 Å². The Morgan fingerprint density at radius 2 is 1.92 bits per heavy atom. The van der Waals surface area contributed by atoms with Crippen LogP contribution in [0, 0.1) is 0 Å². The first-order chi connectivity index (χ1) is 6.24. The number of hydrogen-bond acceptors (Lipinski definition) is 3. The molecular formula is C10H17NOS. The third-order valence-corrected chi connectivity index (χ3v) is 1.91. The fourth-order valence-corrected chi connectivity index (χ4v) is 1.02. The first-order valence-electron chi connectivity index (χ1n) is 4.51. The summed E-state index contributed by atoms with van der Waals surface area (Å²) in [6, 6.07) is 3.80. The van der Waals surface area contributed by atoms with Crippen molar-refractivity contribution in [3.8, 4) is 0 Å². The molecule has 0 unspecified atom stereocenters. The molecule has 0 fully saturated rings. The van der Waals surface area contributed by atoms with Crippen molar-refractivity contribution in [3.05, 3.63) is 24.0 Å². The van der Waals surface area contributed by atoms with E-state index >= 15 is 0 Å². The molecule has 0 aliphatic rings. The molecule has 13 heavy (non-hydrogen) atoms. The molecule has 0 atom stereocenters. The van der Waals surface area contributed by atoms with E-state index in [4.69, 9.17) is 4.55 Å². The van der Waals surface area contributed by atoms with Gasteiger partial charge in [-0.25, -0.2) is 0 Å². The first kappa shape index (κ1) is 12.5. The van der Waals surface area contributed by atoms with Crippen molar-refractivity contribution in [2.45, 2.75) is 38.5 Å². The molecule has 74 valence electrons. The Morgan fingerprint density at radius 3 is 2.23 bits per heavy atom. The summed E-state index contributed by atoms with van der Waals surface area (Å²) in [6.07, 6.45) is 1.68. The Bertz CT molecular complexity index is 221. The van der Waals surface area contributed by atoms with E-state index in [0.29, 0.717) is 5.92 Å². The molecule has 0 aliphatic carbocycles. The highest BCUT2D eigenvalue weighted by Crippen LogP contribution is 2.16. The molecule has 1 aromatic heterocycles. The number of pyridine rings is 1. The summed E-state index contributed by atoms with van der Waals surface area (Å²) in [5.41, 5.74) is 1.06. The van der Waals surface area contributed by atoms with E-state index in [-0.39, 0.29) is 0 Å². The van der Waals surface area contributed by atoms with Crippen molar-refractivity contribution in [1.82, 2.24) is 4.98 Å². The highest BCUT2D eigenvalue weighted by atomic mass is 32.2. The lowest BCUT2D eigenvalue weighted by molar-refractivity contribution is 0.663. The van der Waals surface area contributed by atoms with E-state index in [1.807, 2.05) is 26.0 Å². The highest BCUT2D eigenvalue weighted by molar-refractivity contribution is 7.93. The topological polar surface area (TPSA) is 33.1 Å². The Kier molecular flexibility index (Phi) is 6.63. The molecule has 0 amide bonds. The van der Waals surface area contributed by atoms with Gasteiger partial charge in [0, 0.05) is 23.9 Å². The van der Waals surface area contributed by atoms with Gasteiger partial charge in [0.05, 0.1) is 4.90 Å². The Hall–Kier alpha value is -0.540. The fourth-order valence-electron chi connectivity index (χ4n) is 0.787. The standard InChI is InChI=1S/C8H11NOS.C2H6/c1-6(2)8-4-3-7(11-10)5-9-8;1-2/h3-6,10H,1-2H3;1-2H3. The lowest BCUT2D eigenvalue weighted by Crippen LogP contribution is -1.90. The van der Waals surface area contributed by atoms with Gasteiger partial charge in [-0.3, -0.25) is 4.98 Å². The monoisotopic (exact) mass is 199 g/mol. The second kappa shape index (κ2) is 6.92. The normalized spacial score (nSPS) is 9.38. The minimum Gasteiger partial charge on any atom is -0.325 e. The summed E-state index contributed by atoms with van der Waals surface area (Å²) in [4.78, 5) is 4.95. The summed E-state index contributed by atoms with van der Waals surface area (Å²) >= 11 is 0.727. The van der Waals surface area contributed by atoms with Crippen molar-refractivity contribution in [3.63, 3.8) is 0 Å². The van der Waals surface area contributed by atoms with E-state index in [9.17, 15) is 0 Å². The zero-order valence-electron chi connectivity index (χ0n) is 8.61. The second-order valence-corrected chi connectivity index (χ2v) is 3.32. The van der Waals surface area contributed by atoms with Crippen LogP contribution in [0.4, 0.5) is 0 Å². The van der Waals surface area contributed by atoms with Crippen LogP contribution in [0.25, 0.3) is 0 Å².